The number of benzene rings is 1. The standard InChI is InChI=1S/C14H20BrNO3/c1-3-4-7-18-14(17)9-19-13-6-5-11(15)8-12(13)10(2)16/h5-6,8,10H,3-4,7,9,16H2,1-2H3. The van der Waals surface area contributed by atoms with Gasteiger partial charge in [0.05, 0.1) is 6.61 Å². The van der Waals surface area contributed by atoms with E-state index in [0.29, 0.717) is 12.4 Å². The van der Waals surface area contributed by atoms with Crippen molar-refractivity contribution in [3.8, 4) is 5.75 Å². The molecule has 1 aromatic rings. The Morgan fingerprint density at radius 2 is 2.21 bits per heavy atom. The van der Waals surface area contributed by atoms with Crippen LogP contribution in [0.1, 0.15) is 38.3 Å². The van der Waals surface area contributed by atoms with Gasteiger partial charge in [-0.2, -0.15) is 0 Å². The van der Waals surface area contributed by atoms with Gasteiger partial charge >= 0.3 is 5.97 Å². The van der Waals surface area contributed by atoms with Crippen molar-refractivity contribution in [2.45, 2.75) is 32.7 Å². The van der Waals surface area contributed by atoms with Gasteiger partial charge in [-0.25, -0.2) is 4.79 Å². The molecule has 0 saturated heterocycles. The number of rotatable bonds is 7. The Kier molecular flexibility index (Phi) is 6.87. The van der Waals surface area contributed by atoms with Gasteiger partial charge in [-0.3, -0.25) is 0 Å². The molecule has 0 aliphatic carbocycles. The summed E-state index contributed by atoms with van der Waals surface area (Å²) < 4.78 is 11.4. The molecule has 1 atom stereocenters. The van der Waals surface area contributed by atoms with Gasteiger partial charge in [0.25, 0.3) is 0 Å². The molecule has 0 spiro atoms. The SMILES string of the molecule is CCCCOC(=O)COc1ccc(Br)cc1C(C)N. The zero-order valence-corrected chi connectivity index (χ0v) is 12.9. The molecule has 0 amide bonds. The van der Waals surface area contributed by atoms with Crippen molar-refractivity contribution in [3.63, 3.8) is 0 Å². The first-order valence-electron chi connectivity index (χ1n) is 6.38. The summed E-state index contributed by atoms with van der Waals surface area (Å²) in [6.07, 6.45) is 1.87. The van der Waals surface area contributed by atoms with E-state index >= 15 is 0 Å². The fraction of sp³-hybridized carbons (Fsp3) is 0.500. The lowest BCUT2D eigenvalue weighted by atomic mass is 10.1. The summed E-state index contributed by atoms with van der Waals surface area (Å²) in [5.41, 5.74) is 6.73. The summed E-state index contributed by atoms with van der Waals surface area (Å²) in [4.78, 5) is 11.5. The van der Waals surface area contributed by atoms with Gasteiger partial charge in [0.15, 0.2) is 6.61 Å². The van der Waals surface area contributed by atoms with Crippen molar-refractivity contribution < 1.29 is 14.3 Å². The van der Waals surface area contributed by atoms with Gasteiger partial charge < -0.3 is 15.2 Å². The quantitative estimate of drug-likeness (QED) is 0.616. The first-order valence-corrected chi connectivity index (χ1v) is 7.17. The fourth-order valence-electron chi connectivity index (χ4n) is 1.52. The minimum atomic E-state index is -0.355. The Labute approximate surface area is 122 Å². The van der Waals surface area contributed by atoms with Crippen LogP contribution in [0.3, 0.4) is 0 Å². The second kappa shape index (κ2) is 8.17. The van der Waals surface area contributed by atoms with Gasteiger partial charge in [0.2, 0.25) is 0 Å². The molecule has 2 N–H and O–H groups in total. The van der Waals surface area contributed by atoms with E-state index in [2.05, 4.69) is 15.9 Å². The van der Waals surface area contributed by atoms with Crippen molar-refractivity contribution in [1.29, 1.82) is 0 Å². The molecule has 0 radical (unpaired) electrons. The molecular weight excluding hydrogens is 310 g/mol. The lowest BCUT2D eigenvalue weighted by Crippen LogP contribution is -2.17. The van der Waals surface area contributed by atoms with Crippen molar-refractivity contribution >= 4 is 21.9 Å². The number of hydrogen-bond donors (Lipinski definition) is 1. The Hall–Kier alpha value is -1.07. The Balaban J connectivity index is 2.55. The molecular formula is C14H20BrNO3. The number of esters is 1. The summed E-state index contributed by atoms with van der Waals surface area (Å²) in [6.45, 7) is 4.26. The molecule has 1 unspecified atom stereocenters. The molecule has 1 rings (SSSR count). The maximum atomic E-state index is 11.5. The lowest BCUT2D eigenvalue weighted by molar-refractivity contribution is -0.146. The fourth-order valence-corrected chi connectivity index (χ4v) is 1.89. The number of unbranched alkanes of at least 4 members (excludes halogenated alkanes) is 1. The topological polar surface area (TPSA) is 61.5 Å². The third kappa shape index (κ3) is 5.61. The molecule has 0 aromatic heterocycles. The highest BCUT2D eigenvalue weighted by Gasteiger charge is 2.11. The Morgan fingerprint density at radius 1 is 1.47 bits per heavy atom. The van der Waals surface area contributed by atoms with Crippen LogP contribution < -0.4 is 10.5 Å². The van der Waals surface area contributed by atoms with Crippen molar-refractivity contribution in [1.82, 2.24) is 0 Å². The second-order valence-electron chi connectivity index (χ2n) is 4.33. The molecule has 0 aliphatic rings. The summed E-state index contributed by atoms with van der Waals surface area (Å²) in [7, 11) is 0. The smallest absolute Gasteiger partial charge is 0.344 e. The van der Waals surface area contributed by atoms with Crippen LogP contribution in [0, 0.1) is 0 Å². The average Bonchev–Trinajstić information content (AvgIpc) is 2.37. The monoisotopic (exact) mass is 329 g/mol. The number of carbonyl (C=O) groups excluding carboxylic acids is 1. The molecule has 0 saturated carbocycles. The molecule has 1 aromatic carbocycles. The van der Waals surface area contributed by atoms with Crippen LogP contribution in [0.25, 0.3) is 0 Å². The normalized spacial score (nSPS) is 12.0. The van der Waals surface area contributed by atoms with E-state index in [9.17, 15) is 4.79 Å². The lowest BCUT2D eigenvalue weighted by Gasteiger charge is -2.14. The van der Waals surface area contributed by atoms with Crippen LogP contribution in [0.5, 0.6) is 5.75 Å². The first-order chi connectivity index (χ1) is 9.04. The van der Waals surface area contributed by atoms with Gasteiger partial charge in [-0.15, -0.1) is 0 Å². The second-order valence-corrected chi connectivity index (χ2v) is 5.25. The number of halogens is 1. The molecule has 0 fully saturated rings. The first kappa shape index (κ1) is 16.0. The summed E-state index contributed by atoms with van der Waals surface area (Å²) >= 11 is 3.38. The summed E-state index contributed by atoms with van der Waals surface area (Å²) in [5.74, 6) is 0.262. The molecule has 4 nitrogen and oxygen atoms in total. The number of hydrogen-bond acceptors (Lipinski definition) is 4. The third-order valence-corrected chi connectivity index (χ3v) is 3.06. The van der Waals surface area contributed by atoms with Crippen LogP contribution in [0.2, 0.25) is 0 Å². The number of nitrogens with two attached hydrogens (primary N) is 1. The minimum absolute atomic E-state index is 0.0922. The Morgan fingerprint density at radius 3 is 2.84 bits per heavy atom. The molecule has 0 bridgehead atoms. The van der Waals surface area contributed by atoms with E-state index < -0.39 is 0 Å². The van der Waals surface area contributed by atoms with Gasteiger partial charge in [0, 0.05) is 16.1 Å². The zero-order valence-electron chi connectivity index (χ0n) is 11.3. The van der Waals surface area contributed by atoms with E-state index in [1.54, 1.807) is 6.07 Å². The van der Waals surface area contributed by atoms with E-state index in [1.165, 1.54) is 0 Å². The highest BCUT2D eigenvalue weighted by molar-refractivity contribution is 9.10. The van der Waals surface area contributed by atoms with E-state index in [-0.39, 0.29) is 18.6 Å². The largest absolute Gasteiger partial charge is 0.482 e. The highest BCUT2D eigenvalue weighted by atomic mass is 79.9. The highest BCUT2D eigenvalue weighted by Crippen LogP contribution is 2.27. The maximum absolute atomic E-state index is 11.5. The van der Waals surface area contributed by atoms with E-state index in [1.807, 2.05) is 26.0 Å². The van der Waals surface area contributed by atoms with Gasteiger partial charge in [-0.05, 0) is 31.5 Å². The number of ether oxygens (including phenoxy) is 2. The zero-order chi connectivity index (χ0) is 14.3. The molecule has 106 valence electrons. The van der Waals surface area contributed by atoms with E-state index in [4.69, 9.17) is 15.2 Å². The van der Waals surface area contributed by atoms with Crippen molar-refractivity contribution in [2.75, 3.05) is 13.2 Å². The minimum Gasteiger partial charge on any atom is -0.482 e. The summed E-state index contributed by atoms with van der Waals surface area (Å²) in [6, 6.07) is 5.37. The van der Waals surface area contributed by atoms with Gasteiger partial charge in [0.1, 0.15) is 5.75 Å². The molecule has 0 aliphatic heterocycles. The molecule has 5 heteroatoms. The predicted molar refractivity (Wildman–Crippen MR) is 78.1 cm³/mol. The maximum Gasteiger partial charge on any atom is 0.344 e. The molecule has 0 heterocycles. The van der Waals surface area contributed by atoms with Crippen molar-refractivity contribution in [3.05, 3.63) is 28.2 Å². The van der Waals surface area contributed by atoms with Gasteiger partial charge in [-0.1, -0.05) is 29.3 Å². The number of carbonyl (C=O) groups is 1. The third-order valence-electron chi connectivity index (χ3n) is 2.57. The van der Waals surface area contributed by atoms with E-state index in [0.717, 1.165) is 22.9 Å². The van der Waals surface area contributed by atoms with Crippen LogP contribution >= 0.6 is 15.9 Å². The molecule has 19 heavy (non-hydrogen) atoms. The van der Waals surface area contributed by atoms with Crippen LogP contribution in [0.4, 0.5) is 0 Å². The average molecular weight is 330 g/mol. The van der Waals surface area contributed by atoms with Crippen LogP contribution in [-0.2, 0) is 9.53 Å². The predicted octanol–water partition coefficient (Wildman–Crippen LogP) is 3.19. The Bertz CT molecular complexity index is 421. The van der Waals surface area contributed by atoms with Crippen LogP contribution in [-0.4, -0.2) is 19.2 Å². The van der Waals surface area contributed by atoms with Crippen LogP contribution in [0.15, 0.2) is 22.7 Å². The summed E-state index contributed by atoms with van der Waals surface area (Å²) in [5, 5.41) is 0. The van der Waals surface area contributed by atoms with Crippen molar-refractivity contribution in [2.24, 2.45) is 5.73 Å².